The van der Waals surface area contributed by atoms with Gasteiger partial charge in [-0.05, 0) is 25.7 Å². The second-order valence-electron chi connectivity index (χ2n) is 5.32. The molecule has 1 amide bonds. The summed E-state index contributed by atoms with van der Waals surface area (Å²) >= 11 is 0. The molecule has 2 aliphatic heterocycles. The first-order valence-electron chi connectivity index (χ1n) is 6.10. The van der Waals surface area contributed by atoms with Crippen molar-refractivity contribution in [2.24, 2.45) is 11.8 Å². The lowest BCUT2D eigenvalue weighted by Crippen LogP contribution is -2.46. The van der Waals surface area contributed by atoms with E-state index in [1.165, 1.54) is 0 Å². The maximum absolute atomic E-state index is 12.3. The van der Waals surface area contributed by atoms with Crippen LogP contribution in [0.25, 0.3) is 0 Å². The lowest BCUT2D eigenvalue weighted by Gasteiger charge is -2.28. The number of likely N-dealkylation sites (tertiary alicyclic amines) is 1. The average Bonchev–Trinajstić information content (AvgIpc) is 2.84. The summed E-state index contributed by atoms with van der Waals surface area (Å²) in [7, 11) is 0. The van der Waals surface area contributed by atoms with Gasteiger partial charge >= 0.3 is 5.97 Å². The van der Waals surface area contributed by atoms with Gasteiger partial charge in [0.25, 0.3) is 5.91 Å². The van der Waals surface area contributed by atoms with Crippen LogP contribution >= 0.6 is 0 Å². The van der Waals surface area contributed by atoms with Crippen LogP contribution in [0.2, 0.25) is 0 Å². The molecule has 2 heterocycles. The van der Waals surface area contributed by atoms with Crippen molar-refractivity contribution in [2.45, 2.75) is 32.3 Å². The van der Waals surface area contributed by atoms with E-state index in [0.29, 0.717) is 19.7 Å². The van der Waals surface area contributed by atoms with Gasteiger partial charge in [-0.2, -0.15) is 0 Å². The Kier molecular flexibility index (Phi) is 3.12. The van der Waals surface area contributed by atoms with Gasteiger partial charge < -0.3 is 14.7 Å². The highest BCUT2D eigenvalue weighted by atomic mass is 16.5. The minimum Gasteiger partial charge on any atom is -0.481 e. The average molecular weight is 241 g/mol. The first kappa shape index (κ1) is 12.4. The van der Waals surface area contributed by atoms with Gasteiger partial charge in [-0.25, -0.2) is 0 Å². The zero-order chi connectivity index (χ0) is 12.6. The summed E-state index contributed by atoms with van der Waals surface area (Å²) in [5.41, 5.74) is -0.729. The summed E-state index contributed by atoms with van der Waals surface area (Å²) in [5, 5.41) is 9.04. The van der Waals surface area contributed by atoms with E-state index in [9.17, 15) is 9.59 Å². The van der Waals surface area contributed by atoms with Crippen LogP contribution in [0.3, 0.4) is 0 Å². The Hall–Kier alpha value is -1.10. The largest absolute Gasteiger partial charge is 0.481 e. The summed E-state index contributed by atoms with van der Waals surface area (Å²) in [6, 6.07) is 0. The Labute approximate surface area is 101 Å². The third kappa shape index (κ3) is 2.16. The van der Waals surface area contributed by atoms with Crippen molar-refractivity contribution in [3.05, 3.63) is 0 Å². The molecule has 2 rings (SSSR count). The van der Waals surface area contributed by atoms with Gasteiger partial charge in [0.1, 0.15) is 5.60 Å². The molecule has 0 spiro atoms. The molecule has 0 saturated carbocycles. The Balaban J connectivity index is 2.05. The van der Waals surface area contributed by atoms with Gasteiger partial charge in [0.05, 0.1) is 5.92 Å². The minimum absolute atomic E-state index is 0.0152. The smallest absolute Gasteiger partial charge is 0.308 e. The number of ether oxygens (including phenoxy) is 1. The zero-order valence-electron chi connectivity index (χ0n) is 10.3. The lowest BCUT2D eigenvalue weighted by molar-refractivity contribution is -0.150. The number of carboxylic acid groups (broad SMARTS) is 1. The van der Waals surface area contributed by atoms with Crippen molar-refractivity contribution < 1.29 is 19.4 Å². The van der Waals surface area contributed by atoms with Crippen molar-refractivity contribution >= 4 is 11.9 Å². The third-order valence-corrected chi connectivity index (χ3v) is 3.89. The predicted molar refractivity (Wildman–Crippen MR) is 60.5 cm³/mol. The van der Waals surface area contributed by atoms with E-state index in [2.05, 4.69) is 0 Å². The summed E-state index contributed by atoms with van der Waals surface area (Å²) in [6.45, 7) is 5.14. The van der Waals surface area contributed by atoms with E-state index < -0.39 is 17.5 Å². The second-order valence-corrected chi connectivity index (χ2v) is 5.32. The van der Waals surface area contributed by atoms with Crippen LogP contribution in [0, 0.1) is 11.8 Å². The molecule has 17 heavy (non-hydrogen) atoms. The van der Waals surface area contributed by atoms with Gasteiger partial charge in [-0.1, -0.05) is 6.92 Å². The van der Waals surface area contributed by atoms with Crippen LogP contribution in [0.15, 0.2) is 0 Å². The van der Waals surface area contributed by atoms with E-state index in [4.69, 9.17) is 9.84 Å². The van der Waals surface area contributed by atoms with E-state index in [1.54, 1.807) is 11.8 Å². The maximum Gasteiger partial charge on any atom is 0.308 e. The van der Waals surface area contributed by atoms with Crippen molar-refractivity contribution in [3.8, 4) is 0 Å². The van der Waals surface area contributed by atoms with Crippen LogP contribution < -0.4 is 0 Å². The fourth-order valence-electron chi connectivity index (χ4n) is 2.74. The van der Waals surface area contributed by atoms with E-state index in [1.807, 2.05) is 6.92 Å². The van der Waals surface area contributed by atoms with Crippen LogP contribution in [-0.2, 0) is 14.3 Å². The second kappa shape index (κ2) is 4.29. The molecule has 2 aliphatic rings. The molecule has 2 fully saturated rings. The third-order valence-electron chi connectivity index (χ3n) is 3.89. The molecule has 0 aliphatic carbocycles. The summed E-state index contributed by atoms with van der Waals surface area (Å²) < 4.78 is 5.51. The number of hydrogen-bond donors (Lipinski definition) is 1. The normalized spacial score (nSPS) is 37.4. The Morgan fingerprint density at radius 2 is 2.12 bits per heavy atom. The van der Waals surface area contributed by atoms with Crippen LogP contribution in [0.1, 0.15) is 26.7 Å². The number of carbonyl (C=O) groups excluding carboxylic acids is 1. The first-order chi connectivity index (χ1) is 7.94. The Morgan fingerprint density at radius 1 is 1.41 bits per heavy atom. The number of rotatable bonds is 2. The molecule has 1 N–H and O–H groups in total. The van der Waals surface area contributed by atoms with Crippen LogP contribution in [0.5, 0.6) is 0 Å². The molecule has 0 radical (unpaired) electrons. The number of carbonyl (C=O) groups is 2. The van der Waals surface area contributed by atoms with Gasteiger partial charge in [0.2, 0.25) is 0 Å². The standard InChI is InChI=1S/C12H19NO4/c1-8-6-13(7-9(8)10(14)15)11(16)12(2)4-3-5-17-12/h8-9H,3-7H2,1-2H3,(H,14,15). The van der Waals surface area contributed by atoms with E-state index in [-0.39, 0.29) is 11.8 Å². The van der Waals surface area contributed by atoms with Crippen LogP contribution in [-0.4, -0.2) is 47.2 Å². The van der Waals surface area contributed by atoms with E-state index >= 15 is 0 Å². The minimum atomic E-state index is -0.815. The summed E-state index contributed by atoms with van der Waals surface area (Å²) in [5.74, 6) is -1.29. The monoisotopic (exact) mass is 241 g/mol. The van der Waals surface area contributed by atoms with Crippen molar-refractivity contribution in [1.29, 1.82) is 0 Å². The summed E-state index contributed by atoms with van der Waals surface area (Å²) in [4.78, 5) is 25.0. The number of hydrogen-bond acceptors (Lipinski definition) is 3. The first-order valence-corrected chi connectivity index (χ1v) is 6.10. The quantitative estimate of drug-likeness (QED) is 0.774. The molecular weight excluding hydrogens is 222 g/mol. The van der Waals surface area contributed by atoms with Gasteiger partial charge in [-0.3, -0.25) is 9.59 Å². The highest BCUT2D eigenvalue weighted by molar-refractivity contribution is 5.86. The van der Waals surface area contributed by atoms with Crippen molar-refractivity contribution in [1.82, 2.24) is 4.90 Å². The van der Waals surface area contributed by atoms with Crippen LogP contribution in [0.4, 0.5) is 0 Å². The highest BCUT2D eigenvalue weighted by Gasteiger charge is 2.45. The predicted octanol–water partition coefficient (Wildman–Crippen LogP) is 0.735. The summed E-state index contributed by atoms with van der Waals surface area (Å²) in [6.07, 6.45) is 1.63. The zero-order valence-corrected chi connectivity index (χ0v) is 10.3. The molecule has 0 bridgehead atoms. The Morgan fingerprint density at radius 3 is 2.59 bits per heavy atom. The van der Waals surface area contributed by atoms with E-state index in [0.717, 1.165) is 12.8 Å². The number of aliphatic carboxylic acids is 1. The van der Waals surface area contributed by atoms with Crippen molar-refractivity contribution in [2.75, 3.05) is 19.7 Å². The fourth-order valence-corrected chi connectivity index (χ4v) is 2.74. The topological polar surface area (TPSA) is 66.8 Å². The molecular formula is C12H19NO4. The molecule has 0 aromatic carbocycles. The molecule has 96 valence electrons. The molecule has 2 saturated heterocycles. The number of nitrogens with zero attached hydrogens (tertiary/aromatic N) is 1. The van der Waals surface area contributed by atoms with Crippen molar-refractivity contribution in [3.63, 3.8) is 0 Å². The molecule has 3 atom stereocenters. The van der Waals surface area contributed by atoms with Gasteiger partial charge in [-0.15, -0.1) is 0 Å². The fraction of sp³-hybridized carbons (Fsp3) is 0.833. The molecule has 5 heteroatoms. The van der Waals surface area contributed by atoms with Gasteiger partial charge in [0, 0.05) is 19.7 Å². The number of amides is 1. The molecule has 0 aromatic rings. The van der Waals surface area contributed by atoms with Gasteiger partial charge in [0.15, 0.2) is 0 Å². The highest BCUT2D eigenvalue weighted by Crippen LogP contribution is 2.31. The maximum atomic E-state index is 12.3. The molecule has 5 nitrogen and oxygen atoms in total. The number of carboxylic acids is 1. The SMILES string of the molecule is CC1CN(C(=O)C2(C)CCCO2)CC1C(=O)O. The molecule has 3 unspecified atom stereocenters. The molecule has 0 aromatic heterocycles. The Bertz CT molecular complexity index is 335. The lowest BCUT2D eigenvalue weighted by atomic mass is 9.99.